The van der Waals surface area contributed by atoms with E-state index in [1.54, 1.807) is 0 Å². The van der Waals surface area contributed by atoms with Crippen molar-refractivity contribution in [3.8, 4) is 5.88 Å². The molecule has 1 aromatic heterocycles. The van der Waals surface area contributed by atoms with Crippen molar-refractivity contribution in [2.24, 2.45) is 11.8 Å². The largest absolute Gasteiger partial charge is 0.476 e. The fourth-order valence-electron chi connectivity index (χ4n) is 2.44. The van der Waals surface area contributed by atoms with Gasteiger partial charge in [-0.05, 0) is 43.2 Å². The van der Waals surface area contributed by atoms with Gasteiger partial charge in [-0.15, -0.1) is 0 Å². The highest BCUT2D eigenvalue weighted by atomic mass is 16.5. The smallest absolute Gasteiger partial charge is 0.239 e. The topological polar surface area (TPSA) is 60.2 Å². The molecule has 0 aromatic carbocycles. The Morgan fingerprint density at radius 3 is 2.84 bits per heavy atom. The Balaban J connectivity index is 1.99. The van der Waals surface area contributed by atoms with Gasteiger partial charge < -0.3 is 15.8 Å². The van der Waals surface area contributed by atoms with Crippen LogP contribution in [0, 0.1) is 11.8 Å². The van der Waals surface area contributed by atoms with Crippen molar-refractivity contribution in [1.82, 2.24) is 4.98 Å². The molecule has 19 heavy (non-hydrogen) atoms. The molecule has 0 radical (unpaired) electrons. The number of nitrogens with one attached hydrogen (secondary N) is 1. The first-order valence-electron chi connectivity index (χ1n) is 7.20. The van der Waals surface area contributed by atoms with Gasteiger partial charge in [-0.2, -0.15) is 4.98 Å². The number of anilines is 2. The number of hydrogen-bond donors (Lipinski definition) is 2. The van der Waals surface area contributed by atoms with Crippen LogP contribution in [-0.2, 0) is 0 Å². The molecule has 0 spiro atoms. The molecule has 1 fully saturated rings. The second-order valence-corrected chi connectivity index (χ2v) is 6.06. The van der Waals surface area contributed by atoms with Gasteiger partial charge >= 0.3 is 0 Å². The molecule has 2 rings (SSSR count). The van der Waals surface area contributed by atoms with Crippen LogP contribution >= 0.6 is 0 Å². The van der Waals surface area contributed by atoms with E-state index in [1.807, 2.05) is 12.1 Å². The average Bonchev–Trinajstić information content (AvgIpc) is 2.75. The minimum Gasteiger partial charge on any atom is -0.476 e. The van der Waals surface area contributed by atoms with E-state index < -0.39 is 0 Å². The lowest BCUT2D eigenvalue weighted by molar-refractivity contribution is 0.263. The monoisotopic (exact) mass is 263 g/mol. The Kier molecular flexibility index (Phi) is 4.51. The molecule has 1 heterocycles. The molecular formula is C15H25N3O. The number of nitrogen functional groups attached to an aromatic ring is 1. The van der Waals surface area contributed by atoms with Crippen LogP contribution in [0.3, 0.4) is 0 Å². The summed E-state index contributed by atoms with van der Waals surface area (Å²) in [5.74, 6) is 2.69. The van der Waals surface area contributed by atoms with Crippen molar-refractivity contribution < 1.29 is 4.74 Å². The van der Waals surface area contributed by atoms with E-state index in [0.717, 1.165) is 11.7 Å². The quantitative estimate of drug-likeness (QED) is 0.855. The second-order valence-electron chi connectivity index (χ2n) is 6.06. The number of rotatable bonds is 5. The highest BCUT2D eigenvalue weighted by Crippen LogP contribution is 2.28. The molecule has 1 saturated carbocycles. The Morgan fingerprint density at radius 1 is 1.42 bits per heavy atom. The summed E-state index contributed by atoms with van der Waals surface area (Å²) in [5.41, 5.74) is 6.49. The predicted octanol–water partition coefficient (Wildman–Crippen LogP) is 3.30. The summed E-state index contributed by atoms with van der Waals surface area (Å²) in [7, 11) is 0. The highest BCUT2D eigenvalue weighted by molar-refractivity contribution is 5.53. The van der Waals surface area contributed by atoms with Gasteiger partial charge in [0.25, 0.3) is 0 Å². The minimum atomic E-state index is 0.466. The third-order valence-electron chi connectivity index (χ3n) is 3.49. The fraction of sp³-hybridized carbons (Fsp3) is 0.667. The van der Waals surface area contributed by atoms with Crippen molar-refractivity contribution in [2.75, 3.05) is 17.7 Å². The average molecular weight is 263 g/mol. The van der Waals surface area contributed by atoms with Crippen molar-refractivity contribution in [1.29, 1.82) is 0 Å². The van der Waals surface area contributed by atoms with Crippen LogP contribution in [0.5, 0.6) is 5.88 Å². The fourth-order valence-corrected chi connectivity index (χ4v) is 2.44. The molecule has 4 nitrogen and oxygen atoms in total. The van der Waals surface area contributed by atoms with Crippen LogP contribution in [0.15, 0.2) is 12.1 Å². The number of ether oxygens (including phenoxy) is 1. The summed E-state index contributed by atoms with van der Waals surface area (Å²) >= 11 is 0. The number of aromatic nitrogens is 1. The molecular weight excluding hydrogens is 238 g/mol. The van der Waals surface area contributed by atoms with E-state index in [9.17, 15) is 0 Å². The van der Waals surface area contributed by atoms with E-state index in [-0.39, 0.29) is 0 Å². The third-order valence-corrected chi connectivity index (χ3v) is 3.49. The Morgan fingerprint density at radius 2 is 2.21 bits per heavy atom. The van der Waals surface area contributed by atoms with Crippen molar-refractivity contribution in [3.63, 3.8) is 0 Å². The molecule has 2 unspecified atom stereocenters. The summed E-state index contributed by atoms with van der Waals surface area (Å²) in [5, 5.41) is 3.48. The van der Waals surface area contributed by atoms with Crippen molar-refractivity contribution in [3.05, 3.63) is 12.1 Å². The molecule has 0 aliphatic heterocycles. The molecule has 1 aromatic rings. The lowest BCUT2D eigenvalue weighted by Gasteiger charge is -2.15. The first-order chi connectivity index (χ1) is 9.04. The highest BCUT2D eigenvalue weighted by Gasteiger charge is 2.21. The summed E-state index contributed by atoms with van der Waals surface area (Å²) < 4.78 is 5.65. The first-order valence-corrected chi connectivity index (χ1v) is 7.20. The Hall–Kier alpha value is -1.45. The van der Waals surface area contributed by atoms with Crippen LogP contribution in [-0.4, -0.2) is 17.6 Å². The summed E-state index contributed by atoms with van der Waals surface area (Å²) in [6.07, 6.45) is 3.73. The number of hydrogen-bond acceptors (Lipinski definition) is 4. The number of nitrogens with two attached hydrogens (primary N) is 1. The van der Waals surface area contributed by atoms with Crippen molar-refractivity contribution >= 4 is 11.5 Å². The maximum Gasteiger partial charge on any atom is 0.239 e. The first kappa shape index (κ1) is 14.0. The maximum absolute atomic E-state index is 5.89. The van der Waals surface area contributed by atoms with Crippen molar-refractivity contribution in [2.45, 2.75) is 46.1 Å². The maximum atomic E-state index is 5.89. The second kappa shape index (κ2) is 6.13. The zero-order valence-electron chi connectivity index (χ0n) is 12.1. The van der Waals surface area contributed by atoms with Gasteiger partial charge in [0.1, 0.15) is 5.82 Å². The molecule has 1 aliphatic rings. The number of pyridine rings is 1. The summed E-state index contributed by atoms with van der Waals surface area (Å²) in [6.45, 7) is 7.16. The molecule has 1 aliphatic carbocycles. The van der Waals surface area contributed by atoms with E-state index in [1.165, 1.54) is 19.3 Å². The van der Waals surface area contributed by atoms with Crippen LogP contribution < -0.4 is 15.8 Å². The molecule has 106 valence electrons. The summed E-state index contributed by atoms with van der Waals surface area (Å²) in [6, 6.07) is 4.33. The SMILES string of the molecule is CC(C)COc1nc(NC2CCC(C)C2)ccc1N. The van der Waals surface area contributed by atoms with Gasteiger partial charge in [0.05, 0.1) is 12.3 Å². The lowest BCUT2D eigenvalue weighted by atomic mass is 10.1. The van der Waals surface area contributed by atoms with E-state index in [4.69, 9.17) is 10.5 Å². The minimum absolute atomic E-state index is 0.466. The lowest BCUT2D eigenvalue weighted by Crippen LogP contribution is -2.17. The molecule has 4 heteroatoms. The third kappa shape index (κ3) is 4.01. The predicted molar refractivity (Wildman–Crippen MR) is 79.4 cm³/mol. The Labute approximate surface area is 115 Å². The standard InChI is InChI=1S/C15H25N3O/c1-10(2)9-19-15-13(16)6-7-14(18-15)17-12-5-4-11(3)8-12/h6-7,10-12H,4-5,8-9,16H2,1-3H3,(H,17,18). The van der Waals surface area contributed by atoms with E-state index in [2.05, 4.69) is 31.1 Å². The summed E-state index contributed by atoms with van der Waals surface area (Å²) in [4.78, 5) is 4.47. The zero-order valence-corrected chi connectivity index (χ0v) is 12.1. The van der Waals surface area contributed by atoms with Crippen LogP contribution in [0.2, 0.25) is 0 Å². The van der Waals surface area contributed by atoms with Gasteiger partial charge in [-0.25, -0.2) is 0 Å². The molecule has 0 saturated heterocycles. The van der Waals surface area contributed by atoms with Gasteiger partial charge in [0, 0.05) is 6.04 Å². The van der Waals surface area contributed by atoms with Gasteiger partial charge in [0.2, 0.25) is 5.88 Å². The van der Waals surface area contributed by atoms with Crippen LogP contribution in [0.25, 0.3) is 0 Å². The molecule has 0 bridgehead atoms. The normalized spacial score (nSPS) is 22.7. The molecule has 0 amide bonds. The zero-order chi connectivity index (χ0) is 13.8. The van der Waals surface area contributed by atoms with Gasteiger partial charge in [-0.3, -0.25) is 0 Å². The van der Waals surface area contributed by atoms with E-state index in [0.29, 0.717) is 30.1 Å². The van der Waals surface area contributed by atoms with Crippen LogP contribution in [0.1, 0.15) is 40.0 Å². The molecule has 3 N–H and O–H groups in total. The van der Waals surface area contributed by atoms with Gasteiger partial charge in [-0.1, -0.05) is 20.8 Å². The number of nitrogens with zero attached hydrogens (tertiary/aromatic N) is 1. The van der Waals surface area contributed by atoms with Gasteiger partial charge in [0.15, 0.2) is 0 Å². The van der Waals surface area contributed by atoms with Crippen LogP contribution in [0.4, 0.5) is 11.5 Å². The Bertz CT molecular complexity index is 420. The molecule has 2 atom stereocenters. The van der Waals surface area contributed by atoms with E-state index >= 15 is 0 Å².